The number of halogens is 1. The highest BCUT2D eigenvalue weighted by atomic mass is 79.9. The Kier molecular flexibility index (Phi) is 4.40. The first-order valence-electron chi connectivity index (χ1n) is 7.74. The average molecular weight is 410 g/mol. The second-order valence-electron chi connectivity index (χ2n) is 5.53. The summed E-state index contributed by atoms with van der Waals surface area (Å²) in [5, 5.41) is 3.93. The van der Waals surface area contributed by atoms with E-state index < -0.39 is 0 Å². The number of benzene rings is 1. The molecule has 0 spiro atoms. The molecule has 3 aromatic heterocycles. The maximum absolute atomic E-state index is 12.2. The van der Waals surface area contributed by atoms with Crippen LogP contribution in [0.1, 0.15) is 5.56 Å². The van der Waals surface area contributed by atoms with E-state index in [1.807, 2.05) is 24.3 Å². The summed E-state index contributed by atoms with van der Waals surface area (Å²) in [6, 6.07) is 10.9. The smallest absolute Gasteiger partial charge is 0.259 e. The van der Waals surface area contributed by atoms with Gasteiger partial charge in [0.15, 0.2) is 0 Å². The molecule has 0 N–H and O–H groups in total. The first kappa shape index (κ1) is 16.3. The third-order valence-corrected chi connectivity index (χ3v) is 4.18. The molecule has 4 aromatic rings. The maximum Gasteiger partial charge on any atom is 0.259 e. The van der Waals surface area contributed by atoms with Crippen molar-refractivity contribution in [1.29, 1.82) is 0 Å². The minimum Gasteiger partial charge on any atom is -0.333 e. The van der Waals surface area contributed by atoms with E-state index in [0.717, 1.165) is 10.0 Å². The fraction of sp³-hybridized carbons (Fsp3) is 0.0556. The van der Waals surface area contributed by atoms with Crippen molar-refractivity contribution in [2.45, 2.75) is 6.54 Å². The molecule has 7 nitrogen and oxygen atoms in total. The van der Waals surface area contributed by atoms with Crippen LogP contribution in [0.4, 0.5) is 0 Å². The lowest BCUT2D eigenvalue weighted by Gasteiger charge is -2.07. The zero-order valence-corrected chi connectivity index (χ0v) is 15.0. The summed E-state index contributed by atoms with van der Waals surface area (Å²) in [5.74, 6) is 0.659. The molecule has 0 bridgehead atoms. The Morgan fingerprint density at radius 2 is 2.08 bits per heavy atom. The van der Waals surface area contributed by atoms with Crippen LogP contribution < -0.4 is 5.56 Å². The molecule has 0 saturated heterocycles. The minimum absolute atomic E-state index is 0.109. The highest BCUT2D eigenvalue weighted by Crippen LogP contribution is 2.20. The van der Waals surface area contributed by atoms with Crippen molar-refractivity contribution < 1.29 is 4.52 Å². The topological polar surface area (TPSA) is 86.7 Å². The van der Waals surface area contributed by atoms with Gasteiger partial charge in [0.2, 0.25) is 5.82 Å². The van der Waals surface area contributed by atoms with Crippen molar-refractivity contribution in [3.63, 3.8) is 0 Å². The summed E-state index contributed by atoms with van der Waals surface area (Å²) in [6.07, 6.45) is 6.39. The largest absolute Gasteiger partial charge is 0.333 e. The Morgan fingerprint density at radius 3 is 2.88 bits per heavy atom. The van der Waals surface area contributed by atoms with E-state index in [-0.39, 0.29) is 5.56 Å². The summed E-state index contributed by atoms with van der Waals surface area (Å²) in [4.78, 5) is 24.7. The molecule has 0 aliphatic rings. The predicted molar refractivity (Wildman–Crippen MR) is 98.3 cm³/mol. The van der Waals surface area contributed by atoms with E-state index in [4.69, 9.17) is 4.52 Å². The number of rotatable bonds is 4. The van der Waals surface area contributed by atoms with Crippen LogP contribution in [0.5, 0.6) is 0 Å². The Bertz CT molecular complexity index is 1110. The molecule has 1 aromatic carbocycles. The fourth-order valence-electron chi connectivity index (χ4n) is 2.47. The molecule has 0 radical (unpaired) electrons. The number of aromatic nitrogens is 5. The molecule has 0 atom stereocenters. The molecule has 8 heteroatoms. The van der Waals surface area contributed by atoms with Crippen LogP contribution in [-0.2, 0) is 6.54 Å². The minimum atomic E-state index is -0.109. The summed E-state index contributed by atoms with van der Waals surface area (Å²) in [7, 11) is 0. The molecule has 0 unspecified atom stereocenters. The molecular weight excluding hydrogens is 398 g/mol. The third-order valence-electron chi connectivity index (χ3n) is 3.69. The van der Waals surface area contributed by atoms with Crippen LogP contribution in [0.2, 0.25) is 0 Å². The maximum atomic E-state index is 12.2. The number of pyridine rings is 1. The highest BCUT2D eigenvalue weighted by molar-refractivity contribution is 9.10. The van der Waals surface area contributed by atoms with Gasteiger partial charge in [-0.05, 0) is 23.8 Å². The Balaban J connectivity index is 1.66. The van der Waals surface area contributed by atoms with E-state index in [1.165, 1.54) is 6.07 Å². The van der Waals surface area contributed by atoms with Crippen LogP contribution in [0.3, 0.4) is 0 Å². The van der Waals surface area contributed by atoms with Gasteiger partial charge in [-0.25, -0.2) is 4.98 Å². The van der Waals surface area contributed by atoms with Crippen molar-refractivity contribution in [3.05, 3.63) is 81.6 Å². The van der Waals surface area contributed by atoms with E-state index in [9.17, 15) is 4.79 Å². The van der Waals surface area contributed by atoms with Crippen LogP contribution in [-0.4, -0.2) is 24.7 Å². The molecule has 0 amide bonds. The van der Waals surface area contributed by atoms with Gasteiger partial charge in [-0.3, -0.25) is 9.78 Å². The SMILES string of the molecule is O=c1ccc(-c2nc(-c3cnccn3)no2)cn1Cc1cccc(Br)c1. The van der Waals surface area contributed by atoms with Crippen LogP contribution in [0.25, 0.3) is 23.0 Å². The number of hydrogen-bond acceptors (Lipinski definition) is 6. The summed E-state index contributed by atoms with van der Waals surface area (Å²) < 4.78 is 7.88. The Labute approximate surface area is 156 Å². The van der Waals surface area contributed by atoms with Crippen LogP contribution >= 0.6 is 15.9 Å². The number of hydrogen-bond donors (Lipinski definition) is 0. The Morgan fingerprint density at radius 1 is 1.15 bits per heavy atom. The molecule has 0 aliphatic carbocycles. The van der Waals surface area contributed by atoms with Crippen molar-refractivity contribution >= 4 is 15.9 Å². The quantitative estimate of drug-likeness (QED) is 0.514. The lowest BCUT2D eigenvalue weighted by atomic mass is 10.2. The summed E-state index contributed by atoms with van der Waals surface area (Å²) in [5.41, 5.74) is 2.07. The van der Waals surface area contributed by atoms with Crippen molar-refractivity contribution in [2.24, 2.45) is 0 Å². The van der Waals surface area contributed by atoms with E-state index in [1.54, 1.807) is 35.4 Å². The first-order valence-corrected chi connectivity index (χ1v) is 8.54. The molecule has 0 saturated carbocycles. The standard InChI is InChI=1S/C18H12BrN5O2/c19-14-3-1-2-12(8-14)10-24-11-13(4-5-16(24)25)18-22-17(23-26-18)15-9-20-6-7-21-15/h1-9,11H,10H2. The lowest BCUT2D eigenvalue weighted by molar-refractivity contribution is 0.431. The monoisotopic (exact) mass is 409 g/mol. The van der Waals surface area contributed by atoms with Gasteiger partial charge >= 0.3 is 0 Å². The van der Waals surface area contributed by atoms with E-state index in [0.29, 0.717) is 29.5 Å². The predicted octanol–water partition coefficient (Wildman–Crippen LogP) is 3.17. The Hall–Kier alpha value is -3.13. The van der Waals surface area contributed by atoms with E-state index >= 15 is 0 Å². The van der Waals surface area contributed by atoms with Crippen LogP contribution in [0.15, 0.2) is 75.0 Å². The van der Waals surface area contributed by atoms with Gasteiger partial charge in [-0.1, -0.05) is 33.2 Å². The van der Waals surface area contributed by atoms with Crippen molar-refractivity contribution in [1.82, 2.24) is 24.7 Å². The van der Waals surface area contributed by atoms with Crippen molar-refractivity contribution in [3.8, 4) is 23.0 Å². The summed E-state index contributed by atoms with van der Waals surface area (Å²) >= 11 is 3.44. The fourth-order valence-corrected chi connectivity index (χ4v) is 2.92. The highest BCUT2D eigenvalue weighted by Gasteiger charge is 2.13. The van der Waals surface area contributed by atoms with Crippen LogP contribution in [0, 0.1) is 0 Å². The molecular formula is C18H12BrN5O2. The lowest BCUT2D eigenvalue weighted by Crippen LogP contribution is -2.19. The second-order valence-corrected chi connectivity index (χ2v) is 6.44. The molecule has 128 valence electrons. The zero-order valence-electron chi connectivity index (χ0n) is 13.4. The molecule has 0 fully saturated rings. The van der Waals surface area contributed by atoms with Gasteiger partial charge in [-0.2, -0.15) is 4.98 Å². The van der Waals surface area contributed by atoms with Gasteiger partial charge in [0.05, 0.1) is 18.3 Å². The van der Waals surface area contributed by atoms with Crippen molar-refractivity contribution in [2.75, 3.05) is 0 Å². The molecule has 0 aliphatic heterocycles. The number of nitrogens with zero attached hydrogens (tertiary/aromatic N) is 5. The van der Waals surface area contributed by atoms with Gasteiger partial charge < -0.3 is 9.09 Å². The van der Waals surface area contributed by atoms with E-state index in [2.05, 4.69) is 36.0 Å². The van der Waals surface area contributed by atoms with Gasteiger partial charge in [0.1, 0.15) is 5.69 Å². The molecule has 26 heavy (non-hydrogen) atoms. The van der Waals surface area contributed by atoms with Gasteiger partial charge in [-0.15, -0.1) is 0 Å². The average Bonchev–Trinajstić information content (AvgIpc) is 3.14. The first-order chi connectivity index (χ1) is 12.7. The zero-order chi connectivity index (χ0) is 17.9. The van der Waals surface area contributed by atoms with Gasteiger partial charge in [0.25, 0.3) is 11.4 Å². The molecule has 4 rings (SSSR count). The van der Waals surface area contributed by atoms with Gasteiger partial charge in [0, 0.05) is 29.1 Å². The summed E-state index contributed by atoms with van der Waals surface area (Å²) in [6.45, 7) is 0.442. The molecule has 3 heterocycles. The normalized spacial score (nSPS) is 10.8. The third kappa shape index (κ3) is 3.45. The second kappa shape index (κ2) is 7.01.